The molecule has 1 heterocycles. The summed E-state index contributed by atoms with van der Waals surface area (Å²) < 4.78 is 5.40. The smallest absolute Gasteiger partial charge is 0.119 e. The van der Waals surface area contributed by atoms with Gasteiger partial charge in [-0.3, -0.25) is 4.90 Å². The standard InChI is InChI=1S/C29H38N2O.2ClH/c1-32-25-9-5-8-22(16-25)19-30-24-12-11-23-17-28-26-10-2-3-13-29(26,27(23)18-24)14-15-31(28)20-21-6-4-7-21;;/h5,8-9,11-12,16,18,21,26,28,30H,2-4,6-7,10,13-15,17,19-20H2,1H3;2*1H/t26-,28+,29+;;/m0../s1. The van der Waals surface area contributed by atoms with E-state index in [-0.39, 0.29) is 24.8 Å². The first kappa shape index (κ1) is 25.7. The lowest BCUT2D eigenvalue weighted by Gasteiger charge is -2.59. The van der Waals surface area contributed by atoms with Crippen LogP contribution in [0.15, 0.2) is 42.5 Å². The molecule has 5 heteroatoms. The molecule has 0 radical (unpaired) electrons. The highest BCUT2D eigenvalue weighted by molar-refractivity contribution is 5.85. The minimum atomic E-state index is 0. The molecule has 3 aliphatic carbocycles. The van der Waals surface area contributed by atoms with Crippen LogP contribution in [0.25, 0.3) is 0 Å². The first-order chi connectivity index (χ1) is 15.7. The van der Waals surface area contributed by atoms with Crippen LogP contribution in [0.3, 0.4) is 0 Å². The van der Waals surface area contributed by atoms with Crippen molar-refractivity contribution in [2.45, 2.75) is 75.8 Å². The molecule has 2 aromatic carbocycles. The summed E-state index contributed by atoms with van der Waals surface area (Å²) in [6.07, 6.45) is 12.7. The zero-order chi connectivity index (χ0) is 21.5. The van der Waals surface area contributed by atoms with Crippen LogP contribution in [0.1, 0.15) is 68.1 Å². The van der Waals surface area contributed by atoms with Crippen molar-refractivity contribution in [3.05, 3.63) is 59.2 Å². The third-order valence-corrected chi connectivity index (χ3v) is 9.30. The van der Waals surface area contributed by atoms with Crippen LogP contribution in [-0.4, -0.2) is 31.1 Å². The summed E-state index contributed by atoms with van der Waals surface area (Å²) in [5, 5.41) is 3.71. The van der Waals surface area contributed by atoms with Gasteiger partial charge in [-0.1, -0.05) is 37.5 Å². The molecule has 6 rings (SSSR count). The maximum Gasteiger partial charge on any atom is 0.119 e. The number of methoxy groups -OCH3 is 1. The van der Waals surface area contributed by atoms with Gasteiger partial charge in [0.15, 0.2) is 0 Å². The fourth-order valence-corrected chi connectivity index (χ4v) is 7.41. The topological polar surface area (TPSA) is 24.5 Å². The molecular formula is C29H40Cl2N2O. The van der Waals surface area contributed by atoms with Gasteiger partial charge < -0.3 is 10.1 Å². The Morgan fingerprint density at radius 1 is 1.00 bits per heavy atom. The molecule has 1 N–H and O–H groups in total. The number of rotatable bonds is 6. The normalized spacial score (nSPS) is 27.8. The number of nitrogens with one attached hydrogen (secondary N) is 1. The van der Waals surface area contributed by atoms with Crippen LogP contribution in [-0.2, 0) is 18.4 Å². The molecule has 3 fully saturated rings. The third kappa shape index (κ3) is 4.56. The highest BCUT2D eigenvalue weighted by Crippen LogP contribution is 2.56. The quantitative estimate of drug-likeness (QED) is 0.459. The number of fused-ring (bicyclic) bond motifs is 1. The molecule has 0 unspecified atom stereocenters. The van der Waals surface area contributed by atoms with Gasteiger partial charge in [0.2, 0.25) is 0 Å². The van der Waals surface area contributed by atoms with Gasteiger partial charge in [-0.25, -0.2) is 0 Å². The molecule has 4 aliphatic rings. The fourth-order valence-electron chi connectivity index (χ4n) is 7.41. The van der Waals surface area contributed by atoms with Crippen LogP contribution >= 0.6 is 24.8 Å². The Morgan fingerprint density at radius 2 is 1.88 bits per heavy atom. The molecule has 3 nitrogen and oxygen atoms in total. The van der Waals surface area contributed by atoms with E-state index in [0.717, 1.165) is 30.2 Å². The van der Waals surface area contributed by atoms with E-state index in [1.807, 2.05) is 6.07 Å². The first-order valence-electron chi connectivity index (χ1n) is 13.0. The summed E-state index contributed by atoms with van der Waals surface area (Å²) in [7, 11) is 1.74. The van der Waals surface area contributed by atoms with E-state index in [2.05, 4.69) is 46.6 Å². The summed E-state index contributed by atoms with van der Waals surface area (Å²) in [4.78, 5) is 2.93. The zero-order valence-electron chi connectivity index (χ0n) is 20.4. The van der Waals surface area contributed by atoms with Gasteiger partial charge in [0.05, 0.1) is 7.11 Å². The summed E-state index contributed by atoms with van der Waals surface area (Å²) in [5.41, 5.74) is 6.30. The number of hydrogen-bond donors (Lipinski definition) is 1. The number of benzene rings is 2. The second-order valence-electron chi connectivity index (χ2n) is 10.9. The van der Waals surface area contributed by atoms with Crippen molar-refractivity contribution in [2.24, 2.45) is 11.8 Å². The molecule has 1 aliphatic heterocycles. The predicted octanol–water partition coefficient (Wildman–Crippen LogP) is 7.01. The maximum atomic E-state index is 5.40. The minimum Gasteiger partial charge on any atom is -0.497 e. The average Bonchev–Trinajstić information content (AvgIpc) is 2.81. The number of anilines is 1. The van der Waals surface area contributed by atoms with Crippen molar-refractivity contribution in [3.63, 3.8) is 0 Å². The van der Waals surface area contributed by atoms with Gasteiger partial charge in [0.25, 0.3) is 0 Å². The monoisotopic (exact) mass is 502 g/mol. The molecule has 3 atom stereocenters. The van der Waals surface area contributed by atoms with Crippen molar-refractivity contribution < 1.29 is 4.74 Å². The number of likely N-dealkylation sites (tertiary alicyclic amines) is 1. The van der Waals surface area contributed by atoms with Crippen molar-refractivity contribution in [3.8, 4) is 5.75 Å². The number of ether oxygens (including phenoxy) is 1. The molecule has 0 amide bonds. The number of halogens is 2. The van der Waals surface area contributed by atoms with Crippen molar-refractivity contribution >= 4 is 30.5 Å². The van der Waals surface area contributed by atoms with Gasteiger partial charge in [-0.15, -0.1) is 24.8 Å². The SMILES string of the molecule is COc1cccc(CNc2ccc3c(c2)[C@@]24CCCC[C@H]2[C@@H](C3)N(CC2CCC2)CC4)c1.Cl.Cl. The first-order valence-corrected chi connectivity index (χ1v) is 13.0. The fraction of sp³-hybridized carbons (Fsp3) is 0.586. The third-order valence-electron chi connectivity index (χ3n) is 9.30. The van der Waals surface area contributed by atoms with Crippen molar-refractivity contribution in [1.82, 2.24) is 4.90 Å². The van der Waals surface area contributed by atoms with Crippen LogP contribution < -0.4 is 10.1 Å². The van der Waals surface area contributed by atoms with Crippen LogP contribution in [0.4, 0.5) is 5.69 Å². The molecule has 2 bridgehead atoms. The summed E-state index contributed by atoms with van der Waals surface area (Å²) in [6, 6.07) is 16.5. The molecule has 34 heavy (non-hydrogen) atoms. The summed E-state index contributed by atoms with van der Waals surface area (Å²) >= 11 is 0. The molecule has 186 valence electrons. The Hall–Kier alpha value is -1.42. The number of piperidine rings is 1. The van der Waals surface area contributed by atoms with Gasteiger partial charge in [-0.2, -0.15) is 0 Å². The lowest BCUT2D eigenvalue weighted by molar-refractivity contribution is -0.0239. The Bertz CT molecular complexity index is 978. The largest absolute Gasteiger partial charge is 0.497 e. The minimum absolute atomic E-state index is 0. The molecule has 0 aromatic heterocycles. The lowest BCUT2D eigenvalue weighted by atomic mass is 9.52. The van der Waals surface area contributed by atoms with E-state index < -0.39 is 0 Å². The summed E-state index contributed by atoms with van der Waals surface area (Å²) in [6.45, 7) is 3.52. The van der Waals surface area contributed by atoms with Crippen LogP contribution in [0, 0.1) is 11.8 Å². The van der Waals surface area contributed by atoms with Gasteiger partial charge in [0, 0.05) is 30.2 Å². The van der Waals surface area contributed by atoms with Gasteiger partial charge in [-0.05, 0) is 97.9 Å². The van der Waals surface area contributed by atoms with Crippen LogP contribution in [0.5, 0.6) is 5.75 Å². The van der Waals surface area contributed by atoms with Gasteiger partial charge in [0.1, 0.15) is 5.75 Å². The van der Waals surface area contributed by atoms with Crippen LogP contribution in [0.2, 0.25) is 0 Å². The number of nitrogens with zero attached hydrogens (tertiary/aromatic N) is 1. The lowest BCUT2D eigenvalue weighted by Crippen LogP contribution is -2.61. The van der Waals surface area contributed by atoms with E-state index in [4.69, 9.17) is 4.74 Å². The Labute approximate surface area is 217 Å². The molecule has 2 aromatic rings. The number of hydrogen-bond acceptors (Lipinski definition) is 3. The van der Waals surface area contributed by atoms with E-state index in [1.165, 1.54) is 82.1 Å². The molecular weight excluding hydrogens is 463 g/mol. The van der Waals surface area contributed by atoms with Crippen molar-refractivity contribution in [2.75, 3.05) is 25.5 Å². The Morgan fingerprint density at radius 3 is 2.68 bits per heavy atom. The predicted molar refractivity (Wildman–Crippen MR) is 146 cm³/mol. The second-order valence-corrected chi connectivity index (χ2v) is 10.9. The van der Waals surface area contributed by atoms with E-state index >= 15 is 0 Å². The highest BCUT2D eigenvalue weighted by atomic mass is 35.5. The van der Waals surface area contributed by atoms with E-state index in [0.29, 0.717) is 5.41 Å². The van der Waals surface area contributed by atoms with Crippen molar-refractivity contribution in [1.29, 1.82) is 0 Å². The highest BCUT2D eigenvalue weighted by Gasteiger charge is 2.53. The second kappa shape index (κ2) is 10.7. The Balaban J connectivity index is 0.00000137. The maximum absolute atomic E-state index is 5.40. The molecule has 0 spiro atoms. The zero-order valence-corrected chi connectivity index (χ0v) is 22.1. The summed E-state index contributed by atoms with van der Waals surface area (Å²) in [5.74, 6) is 2.78. The molecule has 2 saturated carbocycles. The van der Waals surface area contributed by atoms with E-state index in [9.17, 15) is 0 Å². The Kier molecular flexibility index (Phi) is 8.06. The van der Waals surface area contributed by atoms with Gasteiger partial charge >= 0.3 is 0 Å². The average molecular weight is 504 g/mol. The van der Waals surface area contributed by atoms with E-state index in [1.54, 1.807) is 18.2 Å². The molecule has 1 saturated heterocycles.